The monoisotopic (exact) mass is 652 g/mol. The summed E-state index contributed by atoms with van der Waals surface area (Å²) in [7, 11) is -1.84. The first kappa shape index (κ1) is 29.9. The van der Waals surface area contributed by atoms with E-state index in [4.69, 9.17) is 27.9 Å². The van der Waals surface area contributed by atoms with Crippen LogP contribution in [0.2, 0.25) is 10.0 Å². The quantitative estimate of drug-likeness (QED) is 0.264. The fourth-order valence-corrected chi connectivity index (χ4v) is 7.74. The van der Waals surface area contributed by atoms with Gasteiger partial charge in [-0.2, -0.15) is 4.31 Å². The molecular weight excluding hydrogens is 623 g/mol. The first-order valence-corrected chi connectivity index (χ1v) is 15.6. The van der Waals surface area contributed by atoms with Crippen LogP contribution < -0.4 is 4.74 Å². The number of carbonyl (C=O) groups excluding carboxylic acids is 1. The lowest BCUT2D eigenvalue weighted by atomic mass is 9.96. The number of piperidine rings is 1. The molecule has 1 saturated heterocycles. The second-order valence-electron chi connectivity index (χ2n) is 10.0. The van der Waals surface area contributed by atoms with Crippen molar-refractivity contribution in [2.45, 2.75) is 45.1 Å². The second kappa shape index (κ2) is 12.2. The van der Waals surface area contributed by atoms with E-state index in [2.05, 4.69) is 15.9 Å². The van der Waals surface area contributed by atoms with Gasteiger partial charge < -0.3 is 9.64 Å². The van der Waals surface area contributed by atoms with Crippen LogP contribution in [-0.2, 0) is 21.4 Å². The van der Waals surface area contributed by atoms with Gasteiger partial charge in [-0.1, -0.05) is 62.9 Å². The van der Waals surface area contributed by atoms with Crippen LogP contribution in [0.5, 0.6) is 11.5 Å². The molecule has 6 nitrogen and oxygen atoms in total. The van der Waals surface area contributed by atoms with Crippen molar-refractivity contribution in [1.82, 2.24) is 9.21 Å². The van der Waals surface area contributed by atoms with Gasteiger partial charge in [-0.3, -0.25) is 4.79 Å². The number of amides is 1. The van der Waals surface area contributed by atoms with Gasteiger partial charge in [-0.15, -0.1) is 0 Å². The maximum Gasteiger partial charge on any atom is 0.243 e. The van der Waals surface area contributed by atoms with E-state index < -0.39 is 10.0 Å². The molecule has 10 heteroatoms. The van der Waals surface area contributed by atoms with E-state index in [1.54, 1.807) is 30.1 Å². The molecule has 1 fully saturated rings. The number of sulfonamides is 1. The molecular formula is C29H31BrCl2N2O4S. The number of hydrogen-bond acceptors (Lipinski definition) is 4. The number of ether oxygens (including phenoxy) is 1. The van der Waals surface area contributed by atoms with Crippen molar-refractivity contribution < 1.29 is 17.9 Å². The fraction of sp³-hybridized carbons (Fsp3) is 0.345. The molecule has 3 aromatic carbocycles. The van der Waals surface area contributed by atoms with E-state index in [1.165, 1.54) is 4.31 Å². The molecule has 1 aliphatic heterocycles. The molecule has 0 aromatic heterocycles. The Bertz CT molecular complexity index is 1480. The fourth-order valence-electron chi connectivity index (χ4n) is 5.09. The Morgan fingerprint density at radius 3 is 2.15 bits per heavy atom. The summed E-state index contributed by atoms with van der Waals surface area (Å²) in [5.41, 5.74) is 3.48. The molecule has 0 N–H and O–H groups in total. The summed E-state index contributed by atoms with van der Waals surface area (Å²) in [6, 6.07) is 14.4. The molecule has 4 rings (SSSR count). The van der Waals surface area contributed by atoms with Crippen LogP contribution in [0, 0.1) is 26.7 Å². The zero-order valence-corrected chi connectivity index (χ0v) is 26.2. The zero-order chi connectivity index (χ0) is 28.5. The molecule has 0 bridgehead atoms. The third-order valence-corrected chi connectivity index (χ3v) is 10.6. The number of benzene rings is 3. The Morgan fingerprint density at radius 2 is 1.56 bits per heavy atom. The summed E-state index contributed by atoms with van der Waals surface area (Å²) < 4.78 is 35.0. The van der Waals surface area contributed by atoms with E-state index in [-0.39, 0.29) is 11.8 Å². The predicted molar refractivity (Wildman–Crippen MR) is 159 cm³/mol. The van der Waals surface area contributed by atoms with Gasteiger partial charge in [0.15, 0.2) is 0 Å². The first-order chi connectivity index (χ1) is 18.4. The van der Waals surface area contributed by atoms with E-state index in [0.717, 1.165) is 26.7 Å². The molecule has 0 atom stereocenters. The van der Waals surface area contributed by atoms with Crippen molar-refractivity contribution in [1.29, 1.82) is 0 Å². The summed E-state index contributed by atoms with van der Waals surface area (Å²) in [5, 5.41) is 0.866. The van der Waals surface area contributed by atoms with Crippen molar-refractivity contribution in [3.63, 3.8) is 0 Å². The van der Waals surface area contributed by atoms with Crippen LogP contribution in [0.15, 0.2) is 57.9 Å². The Balaban J connectivity index is 1.36. The largest absolute Gasteiger partial charge is 0.457 e. The van der Waals surface area contributed by atoms with Crippen molar-refractivity contribution in [3.8, 4) is 11.5 Å². The van der Waals surface area contributed by atoms with Crippen LogP contribution in [0.1, 0.15) is 35.1 Å². The number of aryl methyl sites for hydroxylation is 3. The number of rotatable bonds is 7. The summed E-state index contributed by atoms with van der Waals surface area (Å²) in [6.45, 7) is 6.69. The van der Waals surface area contributed by atoms with Gasteiger partial charge in [0, 0.05) is 43.1 Å². The average molecular weight is 654 g/mol. The van der Waals surface area contributed by atoms with E-state index in [9.17, 15) is 13.2 Å². The van der Waals surface area contributed by atoms with Gasteiger partial charge in [0.2, 0.25) is 15.9 Å². The lowest BCUT2D eigenvalue weighted by Gasteiger charge is -2.33. The minimum atomic E-state index is -3.62. The summed E-state index contributed by atoms with van der Waals surface area (Å²) in [6.07, 6.45) is 0.980. The molecule has 1 aliphatic rings. The maximum atomic E-state index is 13.4. The maximum absolute atomic E-state index is 13.4. The number of hydrogen-bond donors (Lipinski definition) is 0. The number of halogens is 3. The van der Waals surface area contributed by atoms with Crippen molar-refractivity contribution >= 4 is 55.1 Å². The Hall–Kier alpha value is -2.10. The SMILES string of the molecule is Cc1cc(C)c(S(=O)(=O)N2CCC(C(=O)N(C)Cc3ccc(Oc4ccc(Cl)c(Cl)c4)cc3Br)CC2)c(C)c1. The first-order valence-electron chi connectivity index (χ1n) is 12.6. The van der Waals surface area contributed by atoms with Gasteiger partial charge in [0.05, 0.1) is 14.9 Å². The Labute approximate surface area is 249 Å². The molecule has 3 aromatic rings. The summed E-state index contributed by atoms with van der Waals surface area (Å²) in [4.78, 5) is 15.3. The predicted octanol–water partition coefficient (Wildman–Crippen LogP) is 7.53. The summed E-state index contributed by atoms with van der Waals surface area (Å²) in [5.74, 6) is 0.971. The van der Waals surface area contributed by atoms with Gasteiger partial charge in [0.1, 0.15) is 11.5 Å². The lowest BCUT2D eigenvalue weighted by Crippen LogP contribution is -2.43. The second-order valence-corrected chi connectivity index (χ2v) is 13.6. The lowest BCUT2D eigenvalue weighted by molar-refractivity contribution is -0.135. The smallest absolute Gasteiger partial charge is 0.243 e. The van der Waals surface area contributed by atoms with Crippen molar-refractivity contribution in [3.05, 3.63) is 85.3 Å². The topological polar surface area (TPSA) is 66.9 Å². The van der Waals surface area contributed by atoms with Crippen LogP contribution in [0.25, 0.3) is 0 Å². The minimum absolute atomic E-state index is 0.0118. The van der Waals surface area contributed by atoms with E-state index >= 15 is 0 Å². The molecule has 1 heterocycles. The zero-order valence-electron chi connectivity index (χ0n) is 22.3. The van der Waals surface area contributed by atoms with Crippen LogP contribution in [0.3, 0.4) is 0 Å². The molecule has 0 saturated carbocycles. The number of nitrogens with zero attached hydrogens (tertiary/aromatic N) is 2. The highest BCUT2D eigenvalue weighted by atomic mass is 79.9. The molecule has 0 unspecified atom stereocenters. The average Bonchev–Trinajstić information content (AvgIpc) is 2.86. The highest BCUT2D eigenvalue weighted by Crippen LogP contribution is 2.33. The molecule has 208 valence electrons. The van der Waals surface area contributed by atoms with Gasteiger partial charge in [-0.05, 0) is 74.6 Å². The highest BCUT2D eigenvalue weighted by molar-refractivity contribution is 9.10. The third-order valence-electron chi connectivity index (χ3n) is 6.94. The van der Waals surface area contributed by atoms with Crippen LogP contribution in [0.4, 0.5) is 0 Å². The molecule has 39 heavy (non-hydrogen) atoms. The molecule has 0 aliphatic carbocycles. The number of carbonyl (C=O) groups is 1. The van der Waals surface area contributed by atoms with Gasteiger partial charge >= 0.3 is 0 Å². The van der Waals surface area contributed by atoms with Crippen LogP contribution in [-0.4, -0.2) is 43.7 Å². The highest BCUT2D eigenvalue weighted by Gasteiger charge is 2.34. The minimum Gasteiger partial charge on any atom is -0.457 e. The standard InChI is InChI=1S/C29H31BrCl2N2O4S/c1-18-13-19(2)28(20(3)14-18)39(36,37)34-11-9-21(10-12-34)29(35)33(4)17-22-5-6-23(15-25(22)30)38-24-7-8-26(31)27(32)16-24/h5-8,13-16,21H,9-12,17H2,1-4H3. The van der Waals surface area contributed by atoms with Crippen molar-refractivity contribution in [2.75, 3.05) is 20.1 Å². The normalized spacial score (nSPS) is 14.8. The molecule has 0 spiro atoms. The summed E-state index contributed by atoms with van der Waals surface area (Å²) >= 11 is 15.6. The van der Waals surface area contributed by atoms with Gasteiger partial charge in [-0.25, -0.2) is 8.42 Å². The van der Waals surface area contributed by atoms with E-state index in [1.807, 2.05) is 51.1 Å². The van der Waals surface area contributed by atoms with Crippen LogP contribution >= 0.6 is 39.1 Å². The Morgan fingerprint density at radius 1 is 0.974 bits per heavy atom. The van der Waals surface area contributed by atoms with E-state index in [0.29, 0.717) is 58.9 Å². The van der Waals surface area contributed by atoms with Gasteiger partial charge in [0.25, 0.3) is 0 Å². The molecule has 1 amide bonds. The Kier molecular flexibility index (Phi) is 9.33. The van der Waals surface area contributed by atoms with Crippen molar-refractivity contribution in [2.24, 2.45) is 5.92 Å². The molecule has 0 radical (unpaired) electrons. The third kappa shape index (κ3) is 6.80.